The maximum atomic E-state index is 13.8. The van der Waals surface area contributed by atoms with E-state index in [0.29, 0.717) is 17.3 Å². The zero-order valence-corrected chi connectivity index (χ0v) is 13.1. The minimum atomic E-state index is -0.550. The molecule has 0 aliphatic heterocycles. The van der Waals surface area contributed by atoms with Crippen LogP contribution in [0.5, 0.6) is 5.75 Å². The van der Waals surface area contributed by atoms with Gasteiger partial charge in [0.2, 0.25) is 0 Å². The number of carbonyl (C=O) groups excluding carboxylic acids is 1. The molecule has 1 aliphatic rings. The van der Waals surface area contributed by atoms with Crippen LogP contribution in [-0.2, 0) is 0 Å². The third kappa shape index (κ3) is 3.72. The van der Waals surface area contributed by atoms with Crippen molar-refractivity contribution in [2.24, 2.45) is 5.92 Å². The van der Waals surface area contributed by atoms with Crippen LogP contribution < -0.4 is 10.1 Å². The first kappa shape index (κ1) is 15.3. The van der Waals surface area contributed by atoms with E-state index in [1.54, 1.807) is 6.07 Å². The summed E-state index contributed by atoms with van der Waals surface area (Å²) >= 11 is 3.61. The van der Waals surface area contributed by atoms with Crippen molar-refractivity contribution in [2.45, 2.75) is 30.5 Å². The molecule has 110 valence electrons. The lowest BCUT2D eigenvalue weighted by Crippen LogP contribution is -2.32. The van der Waals surface area contributed by atoms with Crippen LogP contribution in [-0.4, -0.2) is 24.4 Å². The van der Waals surface area contributed by atoms with Crippen LogP contribution in [0.3, 0.4) is 0 Å². The van der Waals surface area contributed by atoms with Gasteiger partial charge in [-0.2, -0.15) is 0 Å². The number of ether oxygens (including phenoxy) is 1. The van der Waals surface area contributed by atoms with Gasteiger partial charge in [0, 0.05) is 11.4 Å². The highest BCUT2D eigenvalue weighted by Gasteiger charge is 2.22. The van der Waals surface area contributed by atoms with Gasteiger partial charge in [-0.3, -0.25) is 4.79 Å². The van der Waals surface area contributed by atoms with Crippen LogP contribution in [0.1, 0.15) is 36.0 Å². The standard InChI is InChI=1S/C15H19BrFNO2/c1-20-13-4-2-3-12(17)14(13)15(19)18-9-10-5-7-11(16)8-6-10/h2-4,10-11H,5-9H2,1H3,(H,18,19). The highest BCUT2D eigenvalue weighted by atomic mass is 79.9. The Hall–Kier alpha value is -1.10. The first-order valence-electron chi connectivity index (χ1n) is 6.86. The predicted octanol–water partition coefficient (Wildman–Crippen LogP) is 3.52. The van der Waals surface area contributed by atoms with Crippen molar-refractivity contribution >= 4 is 21.8 Å². The molecule has 0 spiro atoms. The summed E-state index contributed by atoms with van der Waals surface area (Å²) in [5.41, 5.74) is -0.0100. The van der Waals surface area contributed by atoms with Gasteiger partial charge in [0.15, 0.2) is 0 Å². The van der Waals surface area contributed by atoms with Gasteiger partial charge >= 0.3 is 0 Å². The number of methoxy groups -OCH3 is 1. The van der Waals surface area contributed by atoms with Crippen LogP contribution in [0, 0.1) is 11.7 Å². The summed E-state index contributed by atoms with van der Waals surface area (Å²) in [5, 5.41) is 2.82. The molecule has 3 nitrogen and oxygen atoms in total. The molecule has 0 unspecified atom stereocenters. The monoisotopic (exact) mass is 343 g/mol. The van der Waals surface area contributed by atoms with Crippen molar-refractivity contribution in [1.82, 2.24) is 5.32 Å². The van der Waals surface area contributed by atoms with Gasteiger partial charge in [0.1, 0.15) is 17.1 Å². The quantitative estimate of drug-likeness (QED) is 0.849. The third-order valence-corrected chi connectivity index (χ3v) is 4.67. The number of nitrogens with one attached hydrogen (secondary N) is 1. The highest BCUT2D eigenvalue weighted by molar-refractivity contribution is 9.09. The molecule has 1 aromatic rings. The van der Waals surface area contributed by atoms with Gasteiger partial charge in [-0.1, -0.05) is 22.0 Å². The molecule has 1 N–H and O–H groups in total. The smallest absolute Gasteiger partial charge is 0.258 e. The lowest BCUT2D eigenvalue weighted by molar-refractivity contribution is 0.0936. The van der Waals surface area contributed by atoms with Gasteiger partial charge in [-0.25, -0.2) is 4.39 Å². The Balaban J connectivity index is 1.95. The summed E-state index contributed by atoms with van der Waals surface area (Å²) in [6.45, 7) is 0.593. The molecule has 20 heavy (non-hydrogen) atoms. The molecular weight excluding hydrogens is 325 g/mol. The van der Waals surface area contributed by atoms with Crippen LogP contribution in [0.4, 0.5) is 4.39 Å². The van der Waals surface area contributed by atoms with Gasteiger partial charge in [0.05, 0.1) is 7.11 Å². The highest BCUT2D eigenvalue weighted by Crippen LogP contribution is 2.28. The molecule has 1 fully saturated rings. The van der Waals surface area contributed by atoms with E-state index >= 15 is 0 Å². The van der Waals surface area contributed by atoms with E-state index in [2.05, 4.69) is 21.2 Å². The summed E-state index contributed by atoms with van der Waals surface area (Å²) < 4.78 is 18.8. The summed E-state index contributed by atoms with van der Waals surface area (Å²) in [7, 11) is 1.43. The second kappa shape index (κ2) is 7.07. The SMILES string of the molecule is COc1cccc(F)c1C(=O)NCC1CCC(Br)CC1. The van der Waals surface area contributed by atoms with Gasteiger partial charge in [-0.05, 0) is 43.7 Å². The molecule has 0 aromatic heterocycles. The summed E-state index contributed by atoms with van der Waals surface area (Å²) in [4.78, 5) is 12.7. The molecule has 0 atom stereocenters. The molecule has 5 heteroatoms. The Bertz CT molecular complexity index is 473. The first-order chi connectivity index (χ1) is 9.61. The maximum absolute atomic E-state index is 13.8. The number of hydrogen-bond acceptors (Lipinski definition) is 2. The van der Waals surface area contributed by atoms with Gasteiger partial charge in [0.25, 0.3) is 5.91 Å². The maximum Gasteiger partial charge on any atom is 0.258 e. The Kier molecular flexibility index (Phi) is 5.40. The summed E-state index contributed by atoms with van der Waals surface area (Å²) in [6, 6.07) is 4.39. The molecule has 0 radical (unpaired) electrons. The number of alkyl halides is 1. The number of halogens is 2. The first-order valence-corrected chi connectivity index (χ1v) is 7.78. The van der Waals surface area contributed by atoms with Crippen molar-refractivity contribution in [2.75, 3.05) is 13.7 Å². The average molecular weight is 344 g/mol. The van der Waals surface area contributed by atoms with Crippen LogP contribution in [0.2, 0.25) is 0 Å². The Morgan fingerprint density at radius 3 is 2.75 bits per heavy atom. The minimum absolute atomic E-state index is 0.0100. The van der Waals surface area contributed by atoms with Crippen molar-refractivity contribution in [3.05, 3.63) is 29.6 Å². The lowest BCUT2D eigenvalue weighted by Gasteiger charge is -2.25. The van der Waals surface area contributed by atoms with E-state index in [9.17, 15) is 9.18 Å². The van der Waals surface area contributed by atoms with Crippen molar-refractivity contribution in [3.63, 3.8) is 0 Å². The zero-order valence-electron chi connectivity index (χ0n) is 11.5. The molecule has 2 rings (SSSR count). The van der Waals surface area contributed by atoms with E-state index in [1.807, 2.05) is 0 Å². The van der Waals surface area contributed by atoms with E-state index in [-0.39, 0.29) is 11.3 Å². The van der Waals surface area contributed by atoms with E-state index in [0.717, 1.165) is 25.7 Å². The molecule has 0 heterocycles. The van der Waals surface area contributed by atoms with Crippen molar-refractivity contribution < 1.29 is 13.9 Å². The Morgan fingerprint density at radius 2 is 2.10 bits per heavy atom. The fraction of sp³-hybridized carbons (Fsp3) is 0.533. The molecular formula is C15H19BrFNO2. The number of carbonyl (C=O) groups is 1. The van der Waals surface area contributed by atoms with Gasteiger partial charge in [-0.15, -0.1) is 0 Å². The Morgan fingerprint density at radius 1 is 1.40 bits per heavy atom. The second-order valence-corrected chi connectivity index (χ2v) is 6.44. The number of rotatable bonds is 4. The summed E-state index contributed by atoms with van der Waals surface area (Å²) in [6.07, 6.45) is 4.43. The van der Waals surface area contributed by atoms with E-state index < -0.39 is 11.7 Å². The predicted molar refractivity (Wildman–Crippen MR) is 80.0 cm³/mol. The molecule has 1 aromatic carbocycles. The average Bonchev–Trinajstić information content (AvgIpc) is 2.46. The lowest BCUT2D eigenvalue weighted by atomic mass is 9.89. The fourth-order valence-electron chi connectivity index (χ4n) is 2.55. The van der Waals surface area contributed by atoms with Gasteiger partial charge < -0.3 is 10.1 Å². The van der Waals surface area contributed by atoms with Crippen molar-refractivity contribution in [3.8, 4) is 5.75 Å². The second-order valence-electron chi connectivity index (χ2n) is 5.15. The molecule has 0 bridgehead atoms. The normalized spacial score (nSPS) is 22.4. The van der Waals surface area contributed by atoms with Crippen LogP contribution in [0.25, 0.3) is 0 Å². The van der Waals surface area contributed by atoms with E-state index in [1.165, 1.54) is 19.2 Å². The molecule has 1 saturated carbocycles. The van der Waals surface area contributed by atoms with Crippen molar-refractivity contribution in [1.29, 1.82) is 0 Å². The third-order valence-electron chi connectivity index (χ3n) is 3.75. The number of hydrogen-bond donors (Lipinski definition) is 1. The number of amides is 1. The Labute approximate surface area is 127 Å². The minimum Gasteiger partial charge on any atom is -0.496 e. The topological polar surface area (TPSA) is 38.3 Å². The fourth-order valence-corrected chi connectivity index (χ4v) is 3.07. The van der Waals surface area contributed by atoms with Crippen LogP contribution >= 0.6 is 15.9 Å². The largest absolute Gasteiger partial charge is 0.496 e. The van der Waals surface area contributed by atoms with E-state index in [4.69, 9.17) is 4.74 Å². The summed E-state index contributed by atoms with van der Waals surface area (Å²) in [5.74, 6) is -0.205. The zero-order chi connectivity index (χ0) is 14.5. The van der Waals surface area contributed by atoms with Crippen LogP contribution in [0.15, 0.2) is 18.2 Å². The molecule has 1 amide bonds. The number of benzene rings is 1. The molecule has 1 aliphatic carbocycles. The molecule has 0 saturated heterocycles.